The number of carbonyl (C=O) groups is 3. The highest BCUT2D eigenvalue weighted by molar-refractivity contribution is 8.03. The van der Waals surface area contributed by atoms with Gasteiger partial charge in [-0.25, -0.2) is 9.59 Å². The fourth-order valence-corrected chi connectivity index (χ4v) is 3.12. The van der Waals surface area contributed by atoms with Crippen molar-refractivity contribution in [2.24, 2.45) is 0 Å². The number of alkyl halides is 15. The average molecular weight is 601 g/mol. The van der Waals surface area contributed by atoms with Crippen molar-refractivity contribution < 1.29 is 90.5 Å². The number of thioether (sulfide) groups is 1. The number of nitrogens with one attached hydrogen (secondary N) is 1. The molecule has 1 amide bonds. The number of carboxylic acid groups (broad SMARTS) is 2. The van der Waals surface area contributed by atoms with Crippen LogP contribution in [0.15, 0.2) is 11.0 Å². The Balaban J connectivity index is 6.79. The summed E-state index contributed by atoms with van der Waals surface area (Å²) < 4.78 is 200. The van der Waals surface area contributed by atoms with Gasteiger partial charge in [-0.15, -0.1) is 11.8 Å². The van der Waals surface area contributed by atoms with E-state index in [0.29, 0.717) is 6.92 Å². The van der Waals surface area contributed by atoms with Crippen molar-refractivity contribution in [3.8, 4) is 0 Å². The molecule has 0 rings (SSSR count). The zero-order valence-corrected chi connectivity index (χ0v) is 17.9. The number of allylic oxidation sites excluding steroid dienone is 1. The lowest BCUT2D eigenvalue weighted by Crippen LogP contribution is -2.72. The van der Waals surface area contributed by atoms with Crippen LogP contribution in [0.2, 0.25) is 0 Å². The van der Waals surface area contributed by atoms with E-state index in [1.807, 2.05) is 0 Å². The van der Waals surface area contributed by atoms with Crippen LogP contribution in [0.3, 0.4) is 0 Å². The minimum atomic E-state index is -8.58. The Morgan fingerprint density at radius 3 is 1.43 bits per heavy atom. The van der Waals surface area contributed by atoms with E-state index in [9.17, 15) is 80.2 Å². The first-order chi connectivity index (χ1) is 16.0. The van der Waals surface area contributed by atoms with Gasteiger partial charge in [-0.1, -0.05) is 0 Å². The SMILES string of the molecule is CC(=O)N[C@@H](CS/C(=C/C(=O)O)C(F)(F)C(F)(F)C(F)(F)C(F)(F)C(F)(F)C(F)(F)C(F)(F)F)C(=O)O. The predicted molar refractivity (Wildman–Crippen MR) is 89.2 cm³/mol. The number of halogens is 15. The molecule has 0 heterocycles. The summed E-state index contributed by atoms with van der Waals surface area (Å²) in [5.41, 5.74) is 0. The maximum absolute atomic E-state index is 14.3. The van der Waals surface area contributed by atoms with E-state index in [4.69, 9.17) is 10.2 Å². The molecule has 0 aliphatic carbocycles. The molecular formula is C15H10F15NO5S. The molecule has 0 bridgehead atoms. The van der Waals surface area contributed by atoms with Crippen LogP contribution >= 0.6 is 11.8 Å². The van der Waals surface area contributed by atoms with Crippen molar-refractivity contribution in [2.45, 2.75) is 54.7 Å². The quantitative estimate of drug-likeness (QED) is 0.223. The standard InChI is InChI=1S/C15H10F15NO5S/c1-4(32)31-5(8(35)36)3-37-6(2-7(33)34)9(16,17)10(18,19)11(20,21)12(22,23)13(24,25)14(26,27)15(28,29)30/h2,5H,3H2,1H3,(H,31,32)(H,33,34)(H,35,36)/b6-2+/t5-/m0/s1. The second kappa shape index (κ2) is 10.3. The van der Waals surface area contributed by atoms with Crippen LogP contribution in [0.5, 0.6) is 0 Å². The van der Waals surface area contributed by atoms with Crippen LogP contribution in [-0.4, -0.2) is 81.6 Å². The van der Waals surface area contributed by atoms with Crippen molar-refractivity contribution in [2.75, 3.05) is 5.75 Å². The van der Waals surface area contributed by atoms with E-state index in [0.717, 1.165) is 0 Å². The van der Waals surface area contributed by atoms with E-state index in [-0.39, 0.29) is 0 Å². The zero-order chi connectivity index (χ0) is 30.2. The fourth-order valence-electron chi connectivity index (χ4n) is 2.05. The molecule has 0 aromatic heterocycles. The van der Waals surface area contributed by atoms with Gasteiger partial charge in [0, 0.05) is 18.8 Å². The first kappa shape index (κ1) is 34.4. The Morgan fingerprint density at radius 1 is 0.730 bits per heavy atom. The van der Waals surface area contributed by atoms with Crippen molar-refractivity contribution >= 4 is 29.6 Å². The van der Waals surface area contributed by atoms with Gasteiger partial charge in [0.2, 0.25) is 5.91 Å². The lowest BCUT2D eigenvalue weighted by atomic mass is 9.91. The highest BCUT2D eigenvalue weighted by Crippen LogP contribution is 2.63. The van der Waals surface area contributed by atoms with Crippen molar-refractivity contribution in [3.63, 3.8) is 0 Å². The summed E-state index contributed by atoms with van der Waals surface area (Å²) in [5, 5.41) is 18.7. The molecule has 216 valence electrons. The topological polar surface area (TPSA) is 104 Å². The molecule has 0 radical (unpaired) electrons. The molecule has 0 aromatic carbocycles. The monoisotopic (exact) mass is 601 g/mol. The molecule has 3 N–H and O–H groups in total. The molecule has 0 aliphatic heterocycles. The molecule has 0 aliphatic rings. The summed E-state index contributed by atoms with van der Waals surface area (Å²) in [4.78, 5) is 29.5. The summed E-state index contributed by atoms with van der Waals surface area (Å²) in [6.07, 6.45) is -8.91. The molecule has 1 atom stereocenters. The molecule has 6 nitrogen and oxygen atoms in total. The van der Waals surface area contributed by atoms with Crippen molar-refractivity contribution in [1.82, 2.24) is 5.32 Å². The van der Waals surface area contributed by atoms with E-state index in [1.165, 1.54) is 5.32 Å². The molecule has 0 unspecified atom stereocenters. The molecule has 0 saturated carbocycles. The Hall–Kier alpha value is -2.55. The Bertz CT molecular complexity index is 931. The van der Waals surface area contributed by atoms with Gasteiger partial charge < -0.3 is 15.5 Å². The maximum atomic E-state index is 14.3. The van der Waals surface area contributed by atoms with Gasteiger partial charge in [0.25, 0.3) is 0 Å². The fraction of sp³-hybridized carbons (Fsp3) is 0.667. The van der Waals surface area contributed by atoms with E-state index in [1.54, 1.807) is 0 Å². The summed E-state index contributed by atoms with van der Waals surface area (Å²) in [7, 11) is 0. The predicted octanol–water partition coefficient (Wildman–Crippen LogP) is 4.65. The van der Waals surface area contributed by atoms with Gasteiger partial charge in [-0.05, 0) is 0 Å². The average Bonchev–Trinajstić information content (AvgIpc) is 2.67. The van der Waals surface area contributed by atoms with Crippen LogP contribution in [0.4, 0.5) is 65.9 Å². The number of carboxylic acids is 2. The number of carbonyl (C=O) groups excluding carboxylic acids is 1. The Kier molecular flexibility index (Phi) is 9.60. The Labute approximate surface area is 197 Å². The maximum Gasteiger partial charge on any atom is 0.460 e. The first-order valence-electron chi connectivity index (χ1n) is 8.45. The number of hydrogen-bond donors (Lipinski definition) is 3. The minimum absolute atomic E-state index is 0.608. The van der Waals surface area contributed by atoms with Gasteiger partial charge in [0.05, 0.1) is 4.91 Å². The van der Waals surface area contributed by atoms with Crippen LogP contribution < -0.4 is 5.32 Å². The van der Waals surface area contributed by atoms with E-state index >= 15 is 0 Å². The van der Waals surface area contributed by atoms with Crippen LogP contribution in [0.1, 0.15) is 6.92 Å². The molecular weight excluding hydrogens is 591 g/mol. The van der Waals surface area contributed by atoms with E-state index < -0.39 is 94.1 Å². The summed E-state index contributed by atoms with van der Waals surface area (Å²) >= 11 is -1.13. The van der Waals surface area contributed by atoms with Gasteiger partial charge in [0.1, 0.15) is 6.04 Å². The highest BCUT2D eigenvalue weighted by Gasteiger charge is 2.93. The van der Waals surface area contributed by atoms with Crippen LogP contribution in [-0.2, 0) is 14.4 Å². The van der Waals surface area contributed by atoms with Gasteiger partial charge in [0.15, 0.2) is 0 Å². The lowest BCUT2D eigenvalue weighted by Gasteiger charge is -2.41. The minimum Gasteiger partial charge on any atom is -0.480 e. The molecule has 0 fully saturated rings. The molecule has 37 heavy (non-hydrogen) atoms. The Morgan fingerprint density at radius 2 is 1.11 bits per heavy atom. The van der Waals surface area contributed by atoms with Crippen molar-refractivity contribution in [1.29, 1.82) is 0 Å². The second-order valence-corrected chi connectivity index (χ2v) is 7.76. The summed E-state index contributed by atoms with van der Waals surface area (Å²) in [6.45, 7) is 0.608. The highest BCUT2D eigenvalue weighted by atomic mass is 32.2. The number of hydrogen-bond acceptors (Lipinski definition) is 4. The summed E-state index contributed by atoms with van der Waals surface area (Å²) in [6, 6.07) is -2.37. The zero-order valence-electron chi connectivity index (χ0n) is 17.1. The molecule has 0 spiro atoms. The first-order valence-corrected chi connectivity index (χ1v) is 9.44. The number of amides is 1. The normalized spacial score (nSPS) is 15.8. The third-order valence-electron chi connectivity index (χ3n) is 3.97. The lowest BCUT2D eigenvalue weighted by molar-refractivity contribution is -0.449. The third-order valence-corrected chi connectivity index (χ3v) is 5.16. The molecule has 0 aromatic rings. The number of aliphatic carboxylic acids is 2. The van der Waals surface area contributed by atoms with Gasteiger partial charge >= 0.3 is 53.7 Å². The van der Waals surface area contributed by atoms with Gasteiger partial charge in [-0.2, -0.15) is 65.9 Å². The second-order valence-electron chi connectivity index (χ2n) is 6.69. The van der Waals surface area contributed by atoms with Crippen LogP contribution in [0, 0.1) is 0 Å². The smallest absolute Gasteiger partial charge is 0.460 e. The largest absolute Gasteiger partial charge is 0.480 e. The molecule has 0 saturated heterocycles. The van der Waals surface area contributed by atoms with Crippen LogP contribution in [0.25, 0.3) is 0 Å². The molecule has 22 heteroatoms. The third kappa shape index (κ3) is 5.97. The number of rotatable bonds is 12. The van der Waals surface area contributed by atoms with Gasteiger partial charge in [-0.3, -0.25) is 4.79 Å². The van der Waals surface area contributed by atoms with E-state index in [2.05, 4.69) is 0 Å². The van der Waals surface area contributed by atoms with Crippen molar-refractivity contribution in [3.05, 3.63) is 11.0 Å². The summed E-state index contributed by atoms with van der Waals surface area (Å²) in [5.74, 6) is -56.6.